The maximum Gasteiger partial charge on any atom is 0.263 e. The largest absolute Gasteiger partial charge is 0.473 e. The fourth-order valence-corrected chi connectivity index (χ4v) is 5.50. The van der Waals surface area contributed by atoms with Crippen LogP contribution in [0.5, 0.6) is 5.88 Å². The summed E-state index contributed by atoms with van der Waals surface area (Å²) in [6, 6.07) is 14.6. The molecule has 0 bridgehead atoms. The van der Waals surface area contributed by atoms with Crippen molar-refractivity contribution in [3.05, 3.63) is 112 Å². The predicted molar refractivity (Wildman–Crippen MR) is 157 cm³/mol. The average molecular weight is 624 g/mol. The number of ether oxygens (including phenoxy) is 1. The molecule has 0 amide bonds. The molecular formula is C34H30F5N3O3. The third kappa shape index (κ3) is 6.41. The number of fused-ring (bicyclic) bond motifs is 1. The van der Waals surface area contributed by atoms with E-state index in [9.17, 15) is 23.4 Å². The van der Waals surface area contributed by atoms with E-state index in [2.05, 4.69) is 11.9 Å². The van der Waals surface area contributed by atoms with Crippen LogP contribution in [0.1, 0.15) is 67.0 Å². The first-order valence-electron chi connectivity index (χ1n) is 14.6. The summed E-state index contributed by atoms with van der Waals surface area (Å²) >= 11 is 0. The number of pyridine rings is 1. The van der Waals surface area contributed by atoms with Crippen molar-refractivity contribution in [2.45, 2.75) is 58.5 Å². The third-order valence-corrected chi connectivity index (χ3v) is 8.54. The minimum absolute atomic E-state index is 0.00100. The quantitative estimate of drug-likeness (QED) is 0.116. The Hall–Kier alpha value is -4.35. The zero-order valence-electron chi connectivity index (χ0n) is 24.3. The second kappa shape index (κ2) is 12.2. The van der Waals surface area contributed by atoms with Gasteiger partial charge in [0.05, 0.1) is 16.7 Å². The highest BCUT2D eigenvalue weighted by Gasteiger charge is 2.41. The number of benzene rings is 3. The van der Waals surface area contributed by atoms with Gasteiger partial charge in [0.2, 0.25) is 5.88 Å². The molecule has 0 saturated heterocycles. The van der Waals surface area contributed by atoms with Crippen LogP contribution in [-0.2, 0) is 19.6 Å². The SMILES string of the molecule is CCC1(Cn2c(Cc3cc(F)c(-c4cccc(OCc5ccc(C(F)F)cc5F)n4)cc3F)nc3ccc(C(O)O)cc32)CC1. The highest BCUT2D eigenvalue weighted by Crippen LogP contribution is 2.50. The van der Waals surface area contributed by atoms with Gasteiger partial charge in [0.1, 0.15) is 29.9 Å². The standard InChI is InChI=1S/C34H30F5N3O3/c1-2-34(10-11-34)18-42-29-14-20(33(43)44)8-9-28(29)40-30(42)15-22-13-26(37)23(16-25(22)36)27-4-3-5-31(41-27)45-17-21-7-6-19(32(38)39)12-24(21)35/h3-9,12-14,16,32-33,43-44H,2,10-11,15,17-18H2,1H3. The molecule has 2 N–H and O–H groups in total. The van der Waals surface area contributed by atoms with Gasteiger partial charge in [0, 0.05) is 41.3 Å². The number of alkyl halides is 2. The first-order chi connectivity index (χ1) is 21.6. The van der Waals surface area contributed by atoms with Crippen molar-refractivity contribution in [1.82, 2.24) is 14.5 Å². The number of hydrogen-bond donors (Lipinski definition) is 2. The van der Waals surface area contributed by atoms with Crippen LogP contribution in [0, 0.1) is 22.9 Å². The number of aliphatic hydroxyl groups excluding tert-OH is 1. The van der Waals surface area contributed by atoms with Crippen molar-refractivity contribution in [2.75, 3.05) is 0 Å². The Balaban J connectivity index is 1.26. The lowest BCUT2D eigenvalue weighted by Gasteiger charge is -2.17. The molecule has 5 aromatic rings. The minimum atomic E-state index is -2.80. The summed E-state index contributed by atoms with van der Waals surface area (Å²) in [6.45, 7) is 2.43. The van der Waals surface area contributed by atoms with Crippen LogP contribution in [0.25, 0.3) is 22.3 Å². The molecule has 3 aromatic carbocycles. The first kappa shape index (κ1) is 30.7. The Kier molecular flexibility index (Phi) is 8.32. The highest BCUT2D eigenvalue weighted by molar-refractivity contribution is 5.77. The summed E-state index contributed by atoms with van der Waals surface area (Å²) in [5.41, 5.74) is 1.37. The van der Waals surface area contributed by atoms with E-state index in [1.54, 1.807) is 18.2 Å². The number of halogens is 5. The molecule has 0 radical (unpaired) electrons. The molecule has 1 aliphatic carbocycles. The Morgan fingerprint density at radius 3 is 2.31 bits per heavy atom. The van der Waals surface area contributed by atoms with Gasteiger partial charge in [0.25, 0.3) is 6.43 Å². The third-order valence-electron chi connectivity index (χ3n) is 8.54. The number of rotatable bonds is 11. The molecule has 0 atom stereocenters. The maximum atomic E-state index is 15.6. The summed E-state index contributed by atoms with van der Waals surface area (Å²) in [6.07, 6.45) is -1.43. The number of imidazole rings is 1. The fourth-order valence-electron chi connectivity index (χ4n) is 5.50. The summed E-state index contributed by atoms with van der Waals surface area (Å²) in [5, 5.41) is 19.4. The molecule has 1 fully saturated rings. The van der Waals surface area contributed by atoms with Crippen LogP contribution in [0.2, 0.25) is 0 Å². The van der Waals surface area contributed by atoms with E-state index in [0.29, 0.717) is 29.0 Å². The van der Waals surface area contributed by atoms with Crippen LogP contribution in [0.15, 0.2) is 66.7 Å². The normalized spacial score (nSPS) is 14.1. The maximum absolute atomic E-state index is 15.6. The van der Waals surface area contributed by atoms with Crippen molar-refractivity contribution in [3.8, 4) is 17.1 Å². The van der Waals surface area contributed by atoms with E-state index in [1.807, 2.05) is 4.57 Å². The van der Waals surface area contributed by atoms with E-state index in [0.717, 1.165) is 43.5 Å². The van der Waals surface area contributed by atoms with Gasteiger partial charge in [-0.15, -0.1) is 0 Å². The highest BCUT2D eigenvalue weighted by atomic mass is 19.3. The van der Waals surface area contributed by atoms with Crippen molar-refractivity contribution >= 4 is 11.0 Å². The molecule has 0 spiro atoms. The van der Waals surface area contributed by atoms with Gasteiger partial charge in [-0.1, -0.05) is 31.2 Å². The Bertz CT molecular complexity index is 1870. The van der Waals surface area contributed by atoms with Crippen molar-refractivity contribution < 1.29 is 36.9 Å². The number of hydrogen-bond acceptors (Lipinski definition) is 5. The molecule has 45 heavy (non-hydrogen) atoms. The minimum Gasteiger partial charge on any atom is -0.473 e. The van der Waals surface area contributed by atoms with Gasteiger partial charge in [-0.05, 0) is 66.6 Å². The molecule has 0 unspecified atom stereocenters. The summed E-state index contributed by atoms with van der Waals surface area (Å²) in [5.74, 6) is -1.69. The van der Waals surface area contributed by atoms with E-state index in [4.69, 9.17) is 9.72 Å². The van der Waals surface area contributed by atoms with Gasteiger partial charge >= 0.3 is 0 Å². The second-order valence-electron chi connectivity index (χ2n) is 11.5. The lowest BCUT2D eigenvalue weighted by molar-refractivity contribution is -0.0424. The van der Waals surface area contributed by atoms with Crippen LogP contribution in [-0.4, -0.2) is 24.7 Å². The van der Waals surface area contributed by atoms with Crippen molar-refractivity contribution in [3.63, 3.8) is 0 Å². The number of nitrogens with zero attached hydrogens (tertiary/aromatic N) is 3. The van der Waals surface area contributed by atoms with Gasteiger partial charge in [0.15, 0.2) is 6.29 Å². The molecule has 2 aromatic heterocycles. The van der Waals surface area contributed by atoms with Gasteiger partial charge in [-0.3, -0.25) is 0 Å². The molecule has 1 saturated carbocycles. The Morgan fingerprint density at radius 2 is 1.62 bits per heavy atom. The Labute approximate surface area is 255 Å². The van der Waals surface area contributed by atoms with E-state index in [1.165, 1.54) is 24.3 Å². The summed E-state index contributed by atoms with van der Waals surface area (Å²) < 4.78 is 78.4. The molecule has 1 aliphatic rings. The van der Waals surface area contributed by atoms with Crippen LogP contribution in [0.4, 0.5) is 22.0 Å². The number of aliphatic hydroxyl groups is 2. The van der Waals surface area contributed by atoms with E-state index in [-0.39, 0.29) is 46.7 Å². The van der Waals surface area contributed by atoms with Crippen LogP contribution in [0.3, 0.4) is 0 Å². The lowest BCUT2D eigenvalue weighted by atomic mass is 10.0. The fraction of sp³-hybridized carbons (Fsp3) is 0.294. The lowest BCUT2D eigenvalue weighted by Crippen LogP contribution is -2.14. The average Bonchev–Trinajstić information content (AvgIpc) is 3.73. The van der Waals surface area contributed by atoms with Gasteiger partial charge < -0.3 is 19.5 Å². The van der Waals surface area contributed by atoms with Gasteiger partial charge in [-0.2, -0.15) is 0 Å². The van der Waals surface area contributed by atoms with Crippen molar-refractivity contribution in [2.24, 2.45) is 5.41 Å². The zero-order chi connectivity index (χ0) is 31.9. The smallest absolute Gasteiger partial charge is 0.263 e. The van der Waals surface area contributed by atoms with Gasteiger partial charge in [-0.25, -0.2) is 31.9 Å². The van der Waals surface area contributed by atoms with E-state index >= 15 is 8.78 Å². The Morgan fingerprint density at radius 1 is 0.867 bits per heavy atom. The number of aromatic nitrogens is 3. The van der Waals surface area contributed by atoms with Crippen molar-refractivity contribution in [1.29, 1.82) is 0 Å². The summed E-state index contributed by atoms with van der Waals surface area (Å²) in [4.78, 5) is 8.94. The topological polar surface area (TPSA) is 80.4 Å². The molecular weight excluding hydrogens is 593 g/mol. The summed E-state index contributed by atoms with van der Waals surface area (Å²) in [7, 11) is 0. The molecule has 234 valence electrons. The molecule has 2 heterocycles. The molecule has 11 heteroatoms. The van der Waals surface area contributed by atoms with E-state index < -0.39 is 35.7 Å². The molecule has 0 aliphatic heterocycles. The van der Waals surface area contributed by atoms with Crippen LogP contribution < -0.4 is 4.74 Å². The van der Waals surface area contributed by atoms with Crippen LogP contribution >= 0.6 is 0 Å². The zero-order valence-corrected chi connectivity index (χ0v) is 24.3. The molecule has 6 rings (SSSR count). The first-order valence-corrected chi connectivity index (χ1v) is 14.6. The molecule has 6 nitrogen and oxygen atoms in total. The monoisotopic (exact) mass is 623 g/mol. The second-order valence-corrected chi connectivity index (χ2v) is 11.5. The predicted octanol–water partition coefficient (Wildman–Crippen LogP) is 7.80.